The molecule has 2 N–H and O–H groups in total. The average molecular weight is 621 g/mol. The number of ether oxygens (including phenoxy) is 2. The van der Waals surface area contributed by atoms with Gasteiger partial charge < -0.3 is 14.6 Å². The zero-order valence-corrected chi connectivity index (χ0v) is 28.9. The van der Waals surface area contributed by atoms with Crippen molar-refractivity contribution in [2.75, 3.05) is 19.0 Å². The fourth-order valence-corrected chi connectivity index (χ4v) is 4.85. The largest absolute Gasteiger partial charge is 0.494 e. The van der Waals surface area contributed by atoms with Gasteiger partial charge in [-0.15, -0.1) is 5.10 Å². The van der Waals surface area contributed by atoms with Crippen molar-refractivity contribution in [1.82, 2.24) is 15.2 Å². The zero-order valence-electron chi connectivity index (χ0n) is 28.1. The van der Waals surface area contributed by atoms with Gasteiger partial charge in [-0.1, -0.05) is 66.0 Å². The summed E-state index contributed by atoms with van der Waals surface area (Å²) in [6, 6.07) is 1.92. The van der Waals surface area contributed by atoms with E-state index in [9.17, 15) is 9.90 Å². The number of allylic oxidation sites excluding steroid dienone is 6. The molecule has 0 radical (unpaired) electrons. The molecule has 2 rings (SSSR count). The molecule has 44 heavy (non-hydrogen) atoms. The predicted octanol–water partition coefficient (Wildman–Crippen LogP) is 8.34. The average Bonchev–Trinajstić information content (AvgIpc) is 3.43. The molecule has 0 spiro atoms. The minimum Gasteiger partial charge on any atom is -0.494 e. The summed E-state index contributed by atoms with van der Waals surface area (Å²) in [5, 5.41) is 22.3. The Morgan fingerprint density at radius 1 is 1.07 bits per heavy atom. The second kappa shape index (κ2) is 16.9. The normalized spacial score (nSPS) is 14.4. The molecule has 1 amide bonds. The van der Waals surface area contributed by atoms with Crippen LogP contribution in [-0.4, -0.2) is 45.5 Å². The Bertz CT molecular complexity index is 1500. The predicted molar refractivity (Wildman–Crippen MR) is 182 cm³/mol. The van der Waals surface area contributed by atoms with E-state index in [1.807, 2.05) is 58.1 Å². The molecule has 0 aliphatic rings. The van der Waals surface area contributed by atoms with Gasteiger partial charge in [0.05, 0.1) is 18.9 Å². The van der Waals surface area contributed by atoms with Crippen molar-refractivity contribution in [1.29, 1.82) is 0 Å². The number of hydrogen-bond acceptors (Lipinski definition) is 8. The van der Waals surface area contributed by atoms with E-state index in [0.29, 0.717) is 21.6 Å². The second-order valence-corrected chi connectivity index (χ2v) is 12.0. The smallest absolute Gasteiger partial charge is 0.296 e. The van der Waals surface area contributed by atoms with Crippen molar-refractivity contribution < 1.29 is 19.4 Å². The van der Waals surface area contributed by atoms with Gasteiger partial charge in [0.25, 0.3) is 11.1 Å². The molecule has 2 aromatic rings. The van der Waals surface area contributed by atoms with Gasteiger partial charge in [-0.3, -0.25) is 15.1 Å². The number of methoxy groups -OCH3 is 1. The Kier molecular flexibility index (Phi) is 13.9. The van der Waals surface area contributed by atoms with Gasteiger partial charge in [0.15, 0.2) is 0 Å². The lowest BCUT2D eigenvalue weighted by Crippen LogP contribution is -2.20. The van der Waals surface area contributed by atoms with Gasteiger partial charge in [0.2, 0.25) is 5.13 Å². The molecule has 0 aliphatic carbocycles. The van der Waals surface area contributed by atoms with Crippen molar-refractivity contribution >= 4 is 27.9 Å². The third-order valence-corrected chi connectivity index (χ3v) is 8.19. The van der Waals surface area contributed by atoms with Gasteiger partial charge in [-0.2, -0.15) is 0 Å². The van der Waals surface area contributed by atoms with Crippen LogP contribution in [0.5, 0.6) is 10.9 Å². The molecule has 0 aliphatic heterocycles. The van der Waals surface area contributed by atoms with E-state index in [1.54, 1.807) is 33.2 Å². The number of amides is 1. The highest BCUT2D eigenvalue weighted by Gasteiger charge is 2.21. The van der Waals surface area contributed by atoms with Crippen LogP contribution in [0.3, 0.4) is 0 Å². The van der Waals surface area contributed by atoms with Gasteiger partial charge in [-0.05, 0) is 102 Å². The Labute approximate surface area is 267 Å². The minimum absolute atomic E-state index is 0.276. The highest BCUT2D eigenvalue weighted by molar-refractivity contribution is 7.17. The number of anilines is 1. The number of pyridine rings is 1. The second-order valence-electron chi connectivity index (χ2n) is 11.0. The van der Waals surface area contributed by atoms with Crippen LogP contribution >= 0.6 is 11.3 Å². The molecule has 0 unspecified atom stereocenters. The summed E-state index contributed by atoms with van der Waals surface area (Å²) in [5.41, 5.74) is 7.07. The minimum atomic E-state index is -0.949. The van der Waals surface area contributed by atoms with E-state index in [0.717, 1.165) is 63.3 Å². The lowest BCUT2D eigenvalue weighted by Gasteiger charge is -2.19. The molecule has 238 valence electrons. The van der Waals surface area contributed by atoms with E-state index in [4.69, 9.17) is 9.47 Å². The molecule has 9 heteroatoms. The summed E-state index contributed by atoms with van der Waals surface area (Å²) < 4.78 is 11.6. The Hall–Kier alpha value is -3.82. The number of aliphatic hydroxyl groups is 1. The summed E-state index contributed by atoms with van der Waals surface area (Å²) in [5.74, 6) is 0.253. The topological polar surface area (TPSA) is 106 Å². The van der Waals surface area contributed by atoms with E-state index >= 15 is 0 Å². The highest BCUT2D eigenvalue weighted by atomic mass is 32.1. The molecule has 0 saturated carbocycles. The third-order valence-electron chi connectivity index (χ3n) is 7.44. The van der Waals surface area contributed by atoms with Gasteiger partial charge >= 0.3 is 0 Å². The fourth-order valence-electron chi connectivity index (χ4n) is 4.26. The summed E-state index contributed by atoms with van der Waals surface area (Å²) in [7, 11) is 1.59. The zero-order chi connectivity index (χ0) is 33.0. The molecule has 2 aromatic heterocycles. The first-order valence-corrected chi connectivity index (χ1v) is 15.7. The molecule has 8 nitrogen and oxygen atoms in total. The summed E-state index contributed by atoms with van der Waals surface area (Å²) >= 11 is 1.16. The number of aromatic nitrogens is 3. The van der Waals surface area contributed by atoms with Crippen LogP contribution in [-0.2, 0) is 4.79 Å². The van der Waals surface area contributed by atoms with Crippen LogP contribution in [0.2, 0.25) is 0 Å². The van der Waals surface area contributed by atoms with Crippen molar-refractivity contribution in [2.45, 2.75) is 87.7 Å². The summed E-state index contributed by atoms with van der Waals surface area (Å²) in [6.07, 6.45) is 13.0. The standard InChI is InChI=1S/C35H48N4O4S/c1-12-22(5)24(7)18-29(30-19-25(8)36-20-31(30)42-11)28(15-4)32(40)37-33-38-39-34(44-33)43-21-26(23(6)13-2)16-17-27(14-3)35(9,10)41/h14-20,41H,12-13,21H2,1-11H3,(H,37,38,40)/b17-16-,24-22?,26-23+,27-14+,28-15+,29-18+. The number of aryl methyl sites for hydroxylation is 1. The summed E-state index contributed by atoms with van der Waals surface area (Å²) in [6.45, 7) is 19.8. The number of carbonyl (C=O) groups is 1. The van der Waals surface area contributed by atoms with E-state index in [-0.39, 0.29) is 12.5 Å². The van der Waals surface area contributed by atoms with E-state index in [2.05, 4.69) is 48.2 Å². The van der Waals surface area contributed by atoms with E-state index < -0.39 is 5.60 Å². The molecule has 0 aromatic carbocycles. The number of carbonyl (C=O) groups excluding carboxylic acids is 1. The van der Waals surface area contributed by atoms with Crippen molar-refractivity contribution in [2.24, 2.45) is 0 Å². The van der Waals surface area contributed by atoms with Gasteiger partial charge in [-0.25, -0.2) is 0 Å². The van der Waals surface area contributed by atoms with Crippen molar-refractivity contribution in [3.8, 4) is 10.9 Å². The molecule has 2 heterocycles. The molecule has 0 atom stereocenters. The maximum absolute atomic E-state index is 13.7. The first kappa shape index (κ1) is 36.4. The summed E-state index contributed by atoms with van der Waals surface area (Å²) in [4.78, 5) is 18.1. The van der Waals surface area contributed by atoms with Crippen LogP contribution in [0.25, 0.3) is 5.57 Å². The Morgan fingerprint density at radius 2 is 1.75 bits per heavy atom. The fraction of sp³-hybridized carbons (Fsp3) is 0.429. The van der Waals surface area contributed by atoms with Crippen molar-refractivity contribution in [3.63, 3.8) is 0 Å². The van der Waals surface area contributed by atoms with Crippen LogP contribution < -0.4 is 14.8 Å². The lowest BCUT2D eigenvalue weighted by molar-refractivity contribution is -0.112. The Morgan fingerprint density at radius 3 is 2.32 bits per heavy atom. The molecular weight excluding hydrogens is 572 g/mol. The number of nitrogens with zero attached hydrogens (tertiary/aromatic N) is 3. The quantitative estimate of drug-likeness (QED) is 0.161. The van der Waals surface area contributed by atoms with Crippen molar-refractivity contribution in [3.05, 3.63) is 87.3 Å². The third kappa shape index (κ3) is 10.1. The maximum atomic E-state index is 13.7. The van der Waals surface area contributed by atoms with Gasteiger partial charge in [0.1, 0.15) is 12.4 Å². The number of hydrogen-bond donors (Lipinski definition) is 2. The van der Waals surface area contributed by atoms with Crippen LogP contribution in [0.1, 0.15) is 86.4 Å². The first-order chi connectivity index (χ1) is 20.8. The molecule has 0 fully saturated rings. The van der Waals surface area contributed by atoms with Crippen LogP contribution in [0, 0.1) is 6.92 Å². The maximum Gasteiger partial charge on any atom is 0.296 e. The SMILES string of the molecule is C/C=C(C(=O)Nc1nnc(OCC(/C=C\C(=C/C)C(C)(C)O)=C(\C)CC)s1)\C(=C/C(C)=C(C)CC)c1cc(C)ncc1OC. The van der Waals surface area contributed by atoms with Crippen LogP contribution in [0.4, 0.5) is 5.13 Å². The highest BCUT2D eigenvalue weighted by Crippen LogP contribution is 2.34. The Balaban J connectivity index is 2.34. The monoisotopic (exact) mass is 620 g/mol. The molecular formula is C35H48N4O4S. The molecule has 0 saturated heterocycles. The van der Waals surface area contributed by atoms with E-state index in [1.165, 1.54) is 5.57 Å². The van der Waals surface area contributed by atoms with Gasteiger partial charge in [0, 0.05) is 16.8 Å². The molecule has 0 bridgehead atoms. The van der Waals surface area contributed by atoms with Crippen LogP contribution in [0.15, 0.2) is 76.1 Å². The lowest BCUT2D eigenvalue weighted by atomic mass is 9.93. The number of nitrogens with one attached hydrogen (secondary N) is 1. The first-order valence-electron chi connectivity index (χ1n) is 14.9. The number of rotatable bonds is 14.